The van der Waals surface area contributed by atoms with E-state index in [1.165, 1.54) is 52.9 Å². The first-order chi connectivity index (χ1) is 13.1. The summed E-state index contributed by atoms with van der Waals surface area (Å²) in [5.74, 6) is 0. The number of halogens is 3. The molecular weight excluding hydrogens is 763 g/mol. The molecule has 0 aromatic rings. The Morgan fingerprint density at radius 1 is 0.621 bits per heavy atom. The van der Waals surface area contributed by atoms with Crippen molar-refractivity contribution >= 4 is 67.5 Å². The average Bonchev–Trinajstić information content (AvgIpc) is 2.50. The van der Waals surface area contributed by atoms with E-state index in [9.17, 15) is 4.57 Å². The zero-order chi connectivity index (χ0) is 26.1. The second-order valence-electron chi connectivity index (χ2n) is 6.44. The summed E-state index contributed by atoms with van der Waals surface area (Å²) in [6, 6.07) is 0. The summed E-state index contributed by atoms with van der Waals surface area (Å²) in [6.45, 7) is 29.8. The van der Waals surface area contributed by atoms with Gasteiger partial charge < -0.3 is 9.79 Å². The van der Waals surface area contributed by atoms with Gasteiger partial charge in [-0.25, -0.2) is 0 Å². The van der Waals surface area contributed by atoms with Crippen molar-refractivity contribution < 1.29 is 19.3 Å². The van der Waals surface area contributed by atoms with Gasteiger partial charge in [0.15, 0.2) is 0 Å². The van der Waals surface area contributed by atoms with Crippen LogP contribution in [0.4, 0.5) is 0 Å². The zero-order valence-electron chi connectivity index (χ0n) is 22.4. The number of hydrogen-bond donors (Lipinski definition) is 2. The Bertz CT molecular complexity index is 221. The normalized spacial score (nSPS) is 8.45. The summed E-state index contributed by atoms with van der Waals surface area (Å²) in [4.78, 5) is 16.7. The van der Waals surface area contributed by atoms with Crippen molar-refractivity contribution in [3.63, 3.8) is 0 Å². The van der Waals surface area contributed by atoms with Gasteiger partial charge in [-0.05, 0) is 20.8 Å². The van der Waals surface area contributed by atoms with E-state index < -0.39 is 12.8 Å². The van der Waals surface area contributed by atoms with Crippen LogP contribution in [-0.4, -0.2) is 14.9 Å². The Morgan fingerprint density at radius 2 is 0.655 bits per heavy atom. The molecule has 0 spiro atoms. The minimum absolute atomic E-state index is 0.278. The molecule has 0 unspecified atom stereocenters. The summed E-state index contributed by atoms with van der Waals surface area (Å²) in [5.41, 5.74) is 0. The quantitative estimate of drug-likeness (QED) is 0.189. The van der Waals surface area contributed by atoms with E-state index in [2.05, 4.69) is 129 Å². The molecule has 2 N–H and O–H groups in total. The molecule has 29 heavy (non-hydrogen) atoms. The number of hydrogen-bond acceptors (Lipinski definition) is 1. The van der Waals surface area contributed by atoms with Crippen molar-refractivity contribution in [3.8, 4) is 0 Å². The van der Waals surface area contributed by atoms with E-state index in [0.717, 1.165) is 0 Å². The fraction of sp³-hybridized carbons (Fsp3) is 1.00. The Hall–Kier alpha value is 2.92. The monoisotopic (exact) mass is 820 g/mol. The molecule has 0 aliphatic carbocycles. The molecule has 0 aromatic carbocycles. The van der Waals surface area contributed by atoms with E-state index in [1.807, 2.05) is 13.8 Å². The molecule has 8 heteroatoms. The summed E-state index contributed by atoms with van der Waals surface area (Å²) in [6.07, 6.45) is 6.25. The SMILES string of the molecule is CC.CC(C)(C)P(=O)(O)O.CCC.CCC.CCC.CCC.CCC.[I][V]([I])[I]. The molecular formula is C21H57I3O3PV. The Labute approximate surface area is 225 Å². The molecule has 0 atom stereocenters. The minimum atomic E-state index is -3.85. The van der Waals surface area contributed by atoms with E-state index in [4.69, 9.17) is 9.79 Å². The molecule has 190 valence electrons. The Balaban J connectivity index is -0.0000000306. The third-order valence-electron chi connectivity index (χ3n) is 0.874. The molecule has 0 heterocycles. The maximum absolute atomic E-state index is 10.3. The second-order valence-corrected chi connectivity index (χ2v) is 44.2. The van der Waals surface area contributed by atoms with E-state index in [1.54, 1.807) is 0 Å². The van der Waals surface area contributed by atoms with Gasteiger partial charge in [-0.2, -0.15) is 0 Å². The molecule has 0 bridgehead atoms. The fourth-order valence-corrected chi connectivity index (χ4v) is 0. The predicted molar refractivity (Wildman–Crippen MR) is 165 cm³/mol. The van der Waals surface area contributed by atoms with Gasteiger partial charge in [-0.3, -0.25) is 4.57 Å². The summed E-state index contributed by atoms with van der Waals surface area (Å²) in [7, 11) is -3.85. The van der Waals surface area contributed by atoms with Crippen LogP contribution < -0.4 is 0 Å². The third-order valence-corrected chi connectivity index (χ3v) is 2.62. The zero-order valence-corrected chi connectivity index (χ0v) is 31.1. The third kappa shape index (κ3) is 182. The molecule has 0 aliphatic rings. The molecule has 0 saturated carbocycles. The van der Waals surface area contributed by atoms with E-state index >= 15 is 0 Å². The summed E-state index contributed by atoms with van der Waals surface area (Å²) in [5, 5.41) is -0.896. The van der Waals surface area contributed by atoms with E-state index in [0.29, 0.717) is 0 Å². The van der Waals surface area contributed by atoms with E-state index in [-0.39, 0.29) is 4.92 Å². The predicted octanol–water partition coefficient (Wildman–Crippen LogP) is 11.7. The second kappa shape index (κ2) is 52.7. The van der Waals surface area contributed by atoms with Crippen molar-refractivity contribution in [3.05, 3.63) is 0 Å². The van der Waals surface area contributed by atoms with Crippen LogP contribution in [0.5, 0.6) is 0 Å². The van der Waals surface area contributed by atoms with Gasteiger partial charge in [0.25, 0.3) is 0 Å². The molecule has 0 aromatic heterocycles. The van der Waals surface area contributed by atoms with Gasteiger partial charge in [-0.1, -0.05) is 115 Å². The van der Waals surface area contributed by atoms with Gasteiger partial charge in [0, 0.05) is 0 Å². The molecule has 0 amide bonds. The molecule has 0 radical (unpaired) electrons. The van der Waals surface area contributed by atoms with Crippen LogP contribution in [0.15, 0.2) is 0 Å². The van der Waals surface area contributed by atoms with Gasteiger partial charge >= 0.3 is 72.5 Å². The molecule has 0 fully saturated rings. The first-order valence-corrected chi connectivity index (χ1v) is 26.0. The first kappa shape index (κ1) is 53.3. The van der Waals surface area contributed by atoms with Crippen LogP contribution >= 0.6 is 67.5 Å². The van der Waals surface area contributed by atoms with Crippen LogP contribution in [0.25, 0.3) is 0 Å². The van der Waals surface area contributed by atoms with Gasteiger partial charge in [-0.15, -0.1) is 0 Å². The van der Waals surface area contributed by atoms with Crippen molar-refractivity contribution in [1.82, 2.24) is 0 Å². The number of rotatable bonds is 0. The Morgan fingerprint density at radius 3 is 0.655 bits per heavy atom. The van der Waals surface area contributed by atoms with Gasteiger partial charge in [0.1, 0.15) is 0 Å². The topological polar surface area (TPSA) is 57.5 Å². The van der Waals surface area contributed by atoms with Gasteiger partial charge in [0.05, 0.1) is 5.16 Å². The maximum atomic E-state index is 10.3. The van der Waals surface area contributed by atoms with Crippen molar-refractivity contribution in [2.45, 2.75) is 141 Å². The van der Waals surface area contributed by atoms with Crippen molar-refractivity contribution in [2.75, 3.05) is 0 Å². The molecule has 0 aliphatic heterocycles. The first-order valence-electron chi connectivity index (χ1n) is 10.9. The Kier molecular flexibility index (Phi) is 96.9. The van der Waals surface area contributed by atoms with Crippen molar-refractivity contribution in [2.24, 2.45) is 0 Å². The van der Waals surface area contributed by atoms with Crippen LogP contribution in [0, 0.1) is 0 Å². The summed E-state index contributed by atoms with van der Waals surface area (Å²) >= 11 is 7.39. The average molecular weight is 820 g/mol. The molecule has 0 saturated heterocycles. The van der Waals surface area contributed by atoms with Crippen LogP contribution in [-0.2, 0) is 9.49 Å². The standard InChI is InChI=1S/C4H11O3P.5C3H8.C2H6.3HI.V/c1-4(2,3)8(5,6)7;5*1-3-2;1-2;;;;/h1-3H3,(H2,5,6,7);5*3H2,1-2H3;1-2H3;3*1H;/q;;;;;;;;;;+3/p-3. The molecule has 3 nitrogen and oxygen atoms in total. The summed E-state index contributed by atoms with van der Waals surface area (Å²) < 4.78 is 10.3. The van der Waals surface area contributed by atoms with Crippen LogP contribution in [0.2, 0.25) is 0 Å². The fourth-order valence-electron chi connectivity index (χ4n) is 0. The van der Waals surface area contributed by atoms with Crippen LogP contribution in [0.1, 0.15) is 136 Å². The van der Waals surface area contributed by atoms with Gasteiger partial charge in [0.2, 0.25) is 0 Å². The van der Waals surface area contributed by atoms with Crippen LogP contribution in [0.3, 0.4) is 0 Å². The molecule has 0 rings (SSSR count). The van der Waals surface area contributed by atoms with Crippen molar-refractivity contribution in [1.29, 1.82) is 0 Å².